The zero-order valence-electron chi connectivity index (χ0n) is 89.5. The van der Waals surface area contributed by atoms with E-state index in [-0.39, 0.29) is 302 Å². The lowest BCUT2D eigenvalue weighted by Crippen LogP contribution is -2.57. The second-order valence-corrected chi connectivity index (χ2v) is 39.8. The molecule has 4 saturated heterocycles. The molecule has 15 amide bonds. The van der Waals surface area contributed by atoms with Gasteiger partial charge < -0.3 is 122 Å². The molecule has 0 radical (unpaired) electrons. The largest absolute Gasteiger partial charge is 0.356 e. The number of nitrogens with one attached hydrogen (secondary N) is 13. The van der Waals surface area contributed by atoms with E-state index < -0.39 is 92.7 Å². The van der Waals surface area contributed by atoms with E-state index in [0.29, 0.717) is 70.6 Å². The molecule has 4 heterocycles. The summed E-state index contributed by atoms with van der Waals surface area (Å²) in [4.78, 5) is 216. The van der Waals surface area contributed by atoms with Gasteiger partial charge in [-0.15, -0.1) is 0 Å². The van der Waals surface area contributed by atoms with E-state index in [4.69, 9.17) is 37.9 Å². The normalized spacial score (nSPS) is 23.9. The van der Waals surface area contributed by atoms with Gasteiger partial charge in [0, 0.05) is 162 Å². The third kappa shape index (κ3) is 47.6. The first-order valence-electron chi connectivity index (χ1n) is 53.6. The highest BCUT2D eigenvalue weighted by Crippen LogP contribution is 2.38. The Morgan fingerprint density at radius 3 is 0.708 bits per heavy atom. The van der Waals surface area contributed by atoms with Crippen molar-refractivity contribution in [2.24, 2.45) is 47.3 Å². The van der Waals surface area contributed by atoms with Crippen LogP contribution >= 0.6 is 0 Å². The molecule has 4 aliphatic heterocycles. The Labute approximate surface area is 855 Å². The van der Waals surface area contributed by atoms with Crippen LogP contribution in [0.5, 0.6) is 0 Å². The van der Waals surface area contributed by atoms with Crippen LogP contribution in [0.4, 0.5) is 5.69 Å². The summed E-state index contributed by atoms with van der Waals surface area (Å²) >= 11 is 0. The molecule has 818 valence electrons. The van der Waals surface area contributed by atoms with Crippen molar-refractivity contribution >= 4 is 100 Å². The molecule has 0 spiro atoms. The van der Waals surface area contributed by atoms with E-state index in [1.807, 2.05) is 27.7 Å². The maximum atomic E-state index is 15.4. The number of ketones is 1. The molecule has 1 aromatic rings. The van der Waals surface area contributed by atoms with Crippen molar-refractivity contribution in [2.45, 2.75) is 384 Å². The third-order valence-electron chi connectivity index (χ3n) is 28.0. The van der Waals surface area contributed by atoms with Crippen molar-refractivity contribution in [3.8, 4) is 0 Å². The molecule has 13 N–H and O–H groups in total. The quantitative estimate of drug-likeness (QED) is 0.0271. The van der Waals surface area contributed by atoms with Crippen molar-refractivity contribution in [3.05, 3.63) is 29.3 Å². The Balaban J connectivity index is 1.35. The van der Waals surface area contributed by atoms with Gasteiger partial charge in [0.1, 0.15) is 32.0 Å². The third-order valence-corrected chi connectivity index (χ3v) is 28.0. The number of ether oxygens (including phenoxy) is 8. The fourth-order valence-electron chi connectivity index (χ4n) is 18.8. The summed E-state index contributed by atoms with van der Waals surface area (Å²) in [7, 11) is 0. The van der Waals surface area contributed by atoms with Gasteiger partial charge in [-0.3, -0.25) is 71.9 Å². The van der Waals surface area contributed by atoms with Crippen molar-refractivity contribution < 1.29 is 115 Å². The van der Waals surface area contributed by atoms with Crippen LogP contribution in [0.1, 0.15) is 331 Å². The van der Waals surface area contributed by atoms with E-state index in [9.17, 15) is 67.1 Å². The van der Waals surface area contributed by atoms with Gasteiger partial charge in [0.05, 0.1) is 48.6 Å². The standard InChI is InChI=1S/C105H179N15O24/c1-18-83-68(6)72(10)96(114-76(14)122)102(141-83)137-56-34-30-43-87(126)106-48-38-52-110-92(131)63-119(64-93(132)111-53-39-49-107-88(127)44-31-35-57-138-103-97(115-77(15)123)73(11)69(7)84(19-2)142-103)100(135)80-60-81(62-82(61-80)118-91(130)47-29-27-25-23-22-24-26-28-42-67(5)121)101(136)120(65-94(133)112-54-40-50-108-89(128)45-32-36-58-139-104-98(116-78(16)124)74(12)70(8)85(20-3)143-104)66-95(134)113-55-41-51-109-90(129)46-33-37-59-140-105-99(117-79(17)125)75(13)71(9)86(21-4)144-105/h60-62,68-75,83-86,96-99,102-105H,18-59,63-66H2,1-17H3,(H,106,126)(H,107,127)(H,108,128)(H,109,129)(H,110,131)(H,111,132)(H,112,133)(H,113,134)(H,114,122)(H,115,123)(H,116,124)(H,117,125)(H,118,130). The minimum atomic E-state index is -0.957. The molecule has 4 aliphatic rings. The van der Waals surface area contributed by atoms with Gasteiger partial charge in [0.25, 0.3) is 11.8 Å². The molecule has 0 aliphatic carbocycles. The number of amides is 15. The summed E-state index contributed by atoms with van der Waals surface area (Å²) in [6.45, 7) is 31.2. The molecule has 144 heavy (non-hydrogen) atoms. The molecule has 20 atom stereocenters. The first-order valence-corrected chi connectivity index (χ1v) is 53.6. The van der Waals surface area contributed by atoms with E-state index in [1.54, 1.807) is 6.92 Å². The van der Waals surface area contributed by atoms with Crippen molar-refractivity contribution in [1.29, 1.82) is 0 Å². The summed E-state index contributed by atoms with van der Waals surface area (Å²) in [5, 5.41) is 37.3. The van der Waals surface area contributed by atoms with E-state index >= 15 is 9.59 Å². The second-order valence-electron chi connectivity index (χ2n) is 39.8. The van der Waals surface area contributed by atoms with Gasteiger partial charge >= 0.3 is 0 Å². The number of hydrogen-bond donors (Lipinski definition) is 13. The average molecular weight is 2040 g/mol. The van der Waals surface area contributed by atoms with Crippen LogP contribution in [-0.2, 0) is 105 Å². The molecular formula is C105H179N15O24. The molecule has 39 nitrogen and oxygen atoms in total. The smallest absolute Gasteiger partial charge is 0.254 e. The zero-order valence-corrected chi connectivity index (χ0v) is 89.5. The zero-order chi connectivity index (χ0) is 106. The monoisotopic (exact) mass is 2030 g/mol. The topological polar surface area (TPSA) is 510 Å². The Bertz CT molecular complexity index is 3710. The Morgan fingerprint density at radius 2 is 0.479 bits per heavy atom. The molecule has 1 aromatic carbocycles. The highest BCUT2D eigenvalue weighted by molar-refractivity contribution is 6.05. The van der Waals surface area contributed by atoms with Gasteiger partial charge in [0.2, 0.25) is 76.8 Å². The lowest BCUT2D eigenvalue weighted by atomic mass is 9.81. The van der Waals surface area contributed by atoms with Gasteiger partial charge in [-0.25, -0.2) is 0 Å². The van der Waals surface area contributed by atoms with Crippen LogP contribution < -0.4 is 69.1 Å². The molecule has 0 aromatic heterocycles. The molecule has 4 fully saturated rings. The first kappa shape index (κ1) is 125. The van der Waals surface area contributed by atoms with Crippen molar-refractivity contribution in [2.75, 3.05) is 110 Å². The minimum Gasteiger partial charge on any atom is -0.356 e. The van der Waals surface area contributed by atoms with E-state index in [2.05, 4.69) is 125 Å². The van der Waals surface area contributed by atoms with Gasteiger partial charge in [-0.2, -0.15) is 0 Å². The van der Waals surface area contributed by atoms with Crippen molar-refractivity contribution in [1.82, 2.24) is 73.6 Å². The summed E-state index contributed by atoms with van der Waals surface area (Å²) in [5.41, 5.74) is -0.637. The molecule has 20 unspecified atom stereocenters. The molecule has 0 bridgehead atoms. The highest BCUT2D eigenvalue weighted by atomic mass is 16.7. The number of hydrogen-bond acceptors (Lipinski definition) is 24. The van der Waals surface area contributed by atoms with Crippen molar-refractivity contribution in [3.63, 3.8) is 0 Å². The lowest BCUT2D eigenvalue weighted by molar-refractivity contribution is -0.236. The fraction of sp³-hybridized carbons (Fsp3) is 0.790. The van der Waals surface area contributed by atoms with Crippen LogP contribution in [0, 0.1) is 47.3 Å². The minimum absolute atomic E-state index is 0.0178. The Hall–Kier alpha value is -9.38. The van der Waals surface area contributed by atoms with Crippen LogP contribution in [0.15, 0.2) is 18.2 Å². The number of Topliss-reactive ketones (excluding diaryl/α,β-unsaturated/α-hetero) is 1. The Kier molecular flexibility index (Phi) is 60.5. The number of benzene rings is 1. The highest BCUT2D eigenvalue weighted by Gasteiger charge is 2.46. The maximum Gasteiger partial charge on any atom is 0.254 e. The molecule has 5 rings (SSSR count). The van der Waals surface area contributed by atoms with Gasteiger partial charge in [0.15, 0.2) is 25.2 Å². The number of unbranched alkanes of at least 4 members (excludes halogenated alkanes) is 11. The van der Waals surface area contributed by atoms with E-state index in [1.165, 1.54) is 45.9 Å². The fourth-order valence-corrected chi connectivity index (χ4v) is 18.8. The van der Waals surface area contributed by atoms with Crippen LogP contribution in [-0.4, -0.2) is 283 Å². The number of nitrogens with zero attached hydrogens (tertiary/aromatic N) is 2. The van der Waals surface area contributed by atoms with Crippen LogP contribution in [0.3, 0.4) is 0 Å². The number of anilines is 1. The average Bonchev–Trinajstić information content (AvgIpc) is 0.826. The number of rotatable bonds is 70. The van der Waals surface area contributed by atoms with Crippen LogP contribution in [0.2, 0.25) is 0 Å². The maximum absolute atomic E-state index is 15.4. The molecule has 0 saturated carbocycles. The molecule has 39 heteroatoms. The predicted octanol–water partition coefficient (Wildman–Crippen LogP) is 8.88. The first-order chi connectivity index (χ1) is 68.8. The number of carbonyl (C=O) groups excluding carboxylic acids is 16. The lowest BCUT2D eigenvalue weighted by Gasteiger charge is -2.44. The van der Waals surface area contributed by atoms with Crippen LogP contribution in [0.25, 0.3) is 0 Å². The molecular weight excluding hydrogens is 1860 g/mol. The van der Waals surface area contributed by atoms with Gasteiger partial charge in [-0.05, 0) is 188 Å². The number of carbonyl (C=O) groups is 16. The predicted molar refractivity (Wildman–Crippen MR) is 545 cm³/mol. The summed E-state index contributed by atoms with van der Waals surface area (Å²) in [6.07, 6.45) is 13.3. The second kappa shape index (κ2) is 69.7. The van der Waals surface area contributed by atoms with Gasteiger partial charge in [-0.1, -0.05) is 122 Å². The summed E-state index contributed by atoms with van der Waals surface area (Å²) in [5.74, 6) is -5.65. The summed E-state index contributed by atoms with van der Waals surface area (Å²) in [6, 6.07) is 2.38. The SMILES string of the molecule is CCC1OC(OCCCCC(=O)NCCCNC(=O)CN(CC(=O)NCCCNC(=O)CCCCOC2OC(CC)C(C)C(C)C2NC(C)=O)C(=O)c2cc(NC(=O)CCCCCCCCCCC(C)=O)cc(C(=O)N(CC(=O)NCCCNC(=O)CCCCOC3OC(CC)C(C)C(C)C3NC(C)=O)CC(=O)NCCCNC(=O)CCCCOC3OC(CC)C(C)C(C)C3NC(C)=O)c2)C(NC(C)=O)C(C)C1C. The van der Waals surface area contributed by atoms with E-state index in [0.717, 1.165) is 74.0 Å². The Morgan fingerprint density at radius 1 is 0.264 bits per heavy atom. The summed E-state index contributed by atoms with van der Waals surface area (Å²) < 4.78 is 49.7.